The number of aliphatic hydroxyl groups excluding tert-OH is 1. The summed E-state index contributed by atoms with van der Waals surface area (Å²) in [6, 6.07) is 5.58. The summed E-state index contributed by atoms with van der Waals surface area (Å²) >= 11 is 0. The highest BCUT2D eigenvalue weighted by Gasteiger charge is 2.07. The van der Waals surface area contributed by atoms with E-state index in [1.54, 1.807) is 0 Å². The zero-order valence-corrected chi connectivity index (χ0v) is 9.03. The van der Waals surface area contributed by atoms with Crippen molar-refractivity contribution in [3.8, 4) is 0 Å². The number of benzene rings is 1. The Balaban J connectivity index is 2.37. The van der Waals surface area contributed by atoms with Crippen molar-refractivity contribution >= 4 is 11.1 Å². The first-order valence-electron chi connectivity index (χ1n) is 5.18. The second kappa shape index (κ2) is 4.03. The predicted molar refractivity (Wildman–Crippen MR) is 58.5 cm³/mol. The van der Waals surface area contributed by atoms with Gasteiger partial charge in [-0.3, -0.25) is 0 Å². The fourth-order valence-electron chi connectivity index (χ4n) is 1.56. The maximum Gasteiger partial charge on any atom is 0.195 e. The Morgan fingerprint density at radius 3 is 2.87 bits per heavy atom. The summed E-state index contributed by atoms with van der Waals surface area (Å²) in [4.78, 5) is 4.38. The Kier molecular flexibility index (Phi) is 2.73. The molecule has 80 valence electrons. The van der Waals surface area contributed by atoms with Gasteiger partial charge in [0.15, 0.2) is 11.5 Å². The largest absolute Gasteiger partial charge is 0.441 e. The van der Waals surface area contributed by atoms with Crippen LogP contribution < -0.4 is 0 Å². The Hall–Kier alpha value is -1.35. The molecule has 15 heavy (non-hydrogen) atoms. The molecular formula is C12H15NO2. The maximum absolute atomic E-state index is 8.99. The van der Waals surface area contributed by atoms with Gasteiger partial charge in [-0.15, -0.1) is 0 Å². The Morgan fingerprint density at radius 1 is 1.40 bits per heavy atom. The zero-order chi connectivity index (χ0) is 10.8. The Morgan fingerprint density at radius 2 is 2.20 bits per heavy atom. The van der Waals surface area contributed by atoms with Crippen molar-refractivity contribution in [1.29, 1.82) is 0 Å². The molecule has 0 aliphatic rings. The third-order valence-corrected chi connectivity index (χ3v) is 2.26. The number of aromatic nitrogens is 1. The summed E-state index contributed by atoms with van der Waals surface area (Å²) in [5, 5.41) is 8.99. The van der Waals surface area contributed by atoms with Gasteiger partial charge in [-0.2, -0.15) is 0 Å². The summed E-state index contributed by atoms with van der Waals surface area (Å²) in [6.07, 6.45) is 0.850. The van der Waals surface area contributed by atoms with E-state index < -0.39 is 0 Å². The second-order valence-corrected chi connectivity index (χ2v) is 4.17. The van der Waals surface area contributed by atoms with Crippen LogP contribution in [0.3, 0.4) is 0 Å². The summed E-state index contributed by atoms with van der Waals surface area (Å²) in [5.41, 5.74) is 2.49. The van der Waals surface area contributed by atoms with Crippen molar-refractivity contribution in [2.24, 2.45) is 5.92 Å². The highest BCUT2D eigenvalue weighted by atomic mass is 16.3. The SMILES string of the molecule is CC(C)Cc1nc2cc(CO)ccc2o1. The van der Waals surface area contributed by atoms with E-state index in [0.29, 0.717) is 5.92 Å². The van der Waals surface area contributed by atoms with Crippen LogP contribution in [0.2, 0.25) is 0 Å². The van der Waals surface area contributed by atoms with Gasteiger partial charge in [0, 0.05) is 6.42 Å². The smallest absolute Gasteiger partial charge is 0.195 e. The Bertz CT molecular complexity index is 460. The molecule has 1 heterocycles. The number of rotatable bonds is 3. The summed E-state index contributed by atoms with van der Waals surface area (Å²) in [5.74, 6) is 1.31. The molecule has 0 fully saturated rings. The molecule has 0 saturated heterocycles. The standard InChI is InChI=1S/C12H15NO2/c1-8(2)5-12-13-10-6-9(7-14)3-4-11(10)15-12/h3-4,6,8,14H,5,7H2,1-2H3. The minimum absolute atomic E-state index is 0.0440. The van der Waals surface area contributed by atoms with Gasteiger partial charge >= 0.3 is 0 Å². The fourth-order valence-corrected chi connectivity index (χ4v) is 1.56. The quantitative estimate of drug-likeness (QED) is 0.837. The van der Waals surface area contributed by atoms with E-state index in [-0.39, 0.29) is 6.61 Å². The number of fused-ring (bicyclic) bond motifs is 1. The van der Waals surface area contributed by atoms with Crippen LogP contribution in [0.4, 0.5) is 0 Å². The van der Waals surface area contributed by atoms with E-state index in [1.165, 1.54) is 0 Å². The normalized spacial score (nSPS) is 11.5. The second-order valence-electron chi connectivity index (χ2n) is 4.17. The molecule has 2 aromatic rings. The molecule has 3 nitrogen and oxygen atoms in total. The van der Waals surface area contributed by atoms with E-state index in [9.17, 15) is 0 Å². The summed E-state index contributed by atoms with van der Waals surface area (Å²) in [6.45, 7) is 4.31. The number of hydrogen-bond donors (Lipinski definition) is 1. The molecule has 1 aromatic carbocycles. The van der Waals surface area contributed by atoms with E-state index in [1.807, 2.05) is 18.2 Å². The predicted octanol–water partition coefficient (Wildman–Crippen LogP) is 2.52. The van der Waals surface area contributed by atoms with Crippen LogP contribution in [0.5, 0.6) is 0 Å². The van der Waals surface area contributed by atoms with Gasteiger partial charge in [0.1, 0.15) is 5.52 Å². The summed E-state index contributed by atoms with van der Waals surface area (Å²) in [7, 11) is 0. The first-order chi connectivity index (χ1) is 7.19. The van der Waals surface area contributed by atoms with Crippen LogP contribution in [0.25, 0.3) is 11.1 Å². The van der Waals surface area contributed by atoms with Crippen LogP contribution in [0, 0.1) is 5.92 Å². The molecule has 2 rings (SSSR count). The molecule has 0 bridgehead atoms. The third-order valence-electron chi connectivity index (χ3n) is 2.26. The average Bonchev–Trinajstić information content (AvgIpc) is 2.57. The lowest BCUT2D eigenvalue weighted by Gasteiger charge is -1.96. The monoisotopic (exact) mass is 205 g/mol. The summed E-state index contributed by atoms with van der Waals surface area (Å²) < 4.78 is 5.59. The van der Waals surface area contributed by atoms with E-state index in [2.05, 4.69) is 18.8 Å². The molecule has 0 atom stereocenters. The van der Waals surface area contributed by atoms with Crippen molar-refractivity contribution in [3.05, 3.63) is 29.7 Å². The van der Waals surface area contributed by atoms with Crippen molar-refractivity contribution in [1.82, 2.24) is 4.98 Å². The Labute approximate surface area is 88.7 Å². The first kappa shape index (κ1) is 10.2. The fraction of sp³-hybridized carbons (Fsp3) is 0.417. The molecule has 0 aliphatic carbocycles. The zero-order valence-electron chi connectivity index (χ0n) is 9.03. The van der Waals surface area contributed by atoms with Crippen LogP contribution in [-0.4, -0.2) is 10.1 Å². The molecule has 0 spiro atoms. The van der Waals surface area contributed by atoms with Crippen LogP contribution >= 0.6 is 0 Å². The van der Waals surface area contributed by atoms with Gasteiger partial charge in [-0.1, -0.05) is 19.9 Å². The third kappa shape index (κ3) is 2.18. The molecule has 0 unspecified atom stereocenters. The van der Waals surface area contributed by atoms with Crippen LogP contribution in [-0.2, 0) is 13.0 Å². The van der Waals surface area contributed by atoms with Crippen molar-refractivity contribution in [2.75, 3.05) is 0 Å². The number of aliphatic hydroxyl groups is 1. The average molecular weight is 205 g/mol. The van der Waals surface area contributed by atoms with E-state index >= 15 is 0 Å². The number of hydrogen-bond acceptors (Lipinski definition) is 3. The molecule has 0 radical (unpaired) electrons. The molecule has 1 aromatic heterocycles. The van der Waals surface area contributed by atoms with Gasteiger partial charge in [-0.05, 0) is 23.6 Å². The number of nitrogens with zero attached hydrogens (tertiary/aromatic N) is 1. The topological polar surface area (TPSA) is 46.3 Å². The van der Waals surface area contributed by atoms with E-state index in [4.69, 9.17) is 9.52 Å². The molecule has 1 N–H and O–H groups in total. The molecular weight excluding hydrogens is 190 g/mol. The number of oxazole rings is 1. The highest BCUT2D eigenvalue weighted by Crippen LogP contribution is 2.19. The molecule has 0 amide bonds. The molecule has 0 saturated carbocycles. The van der Waals surface area contributed by atoms with Crippen molar-refractivity contribution in [2.45, 2.75) is 26.9 Å². The van der Waals surface area contributed by atoms with Gasteiger partial charge in [-0.25, -0.2) is 4.98 Å². The molecule has 0 aliphatic heterocycles. The lowest BCUT2D eigenvalue weighted by Crippen LogP contribution is -1.93. The minimum atomic E-state index is 0.0440. The lowest BCUT2D eigenvalue weighted by molar-refractivity contribution is 0.282. The van der Waals surface area contributed by atoms with Crippen molar-refractivity contribution < 1.29 is 9.52 Å². The highest BCUT2D eigenvalue weighted by molar-refractivity contribution is 5.73. The maximum atomic E-state index is 8.99. The van der Waals surface area contributed by atoms with Gasteiger partial charge in [0.05, 0.1) is 6.61 Å². The van der Waals surface area contributed by atoms with Crippen LogP contribution in [0.15, 0.2) is 22.6 Å². The minimum Gasteiger partial charge on any atom is -0.441 e. The van der Waals surface area contributed by atoms with Crippen molar-refractivity contribution in [3.63, 3.8) is 0 Å². The van der Waals surface area contributed by atoms with Gasteiger partial charge < -0.3 is 9.52 Å². The van der Waals surface area contributed by atoms with E-state index in [0.717, 1.165) is 29.0 Å². The van der Waals surface area contributed by atoms with Gasteiger partial charge in [0.2, 0.25) is 0 Å². The van der Waals surface area contributed by atoms with Crippen LogP contribution in [0.1, 0.15) is 25.3 Å². The first-order valence-corrected chi connectivity index (χ1v) is 5.18. The lowest BCUT2D eigenvalue weighted by atomic mass is 10.1. The van der Waals surface area contributed by atoms with Gasteiger partial charge in [0.25, 0.3) is 0 Å². The molecule has 3 heteroatoms.